The number of piperidine rings is 1. The van der Waals surface area contributed by atoms with Crippen LogP contribution >= 0.6 is 0 Å². The Morgan fingerprint density at radius 2 is 2.04 bits per heavy atom. The van der Waals surface area contributed by atoms with Gasteiger partial charge < -0.3 is 19.2 Å². The van der Waals surface area contributed by atoms with E-state index in [0.717, 1.165) is 42.7 Å². The van der Waals surface area contributed by atoms with Gasteiger partial charge in [-0.1, -0.05) is 5.16 Å². The fourth-order valence-corrected chi connectivity index (χ4v) is 3.78. The van der Waals surface area contributed by atoms with Crippen LogP contribution < -0.4 is 5.32 Å². The van der Waals surface area contributed by atoms with E-state index in [4.69, 9.17) is 8.94 Å². The summed E-state index contributed by atoms with van der Waals surface area (Å²) in [6.07, 6.45) is 5.55. The summed E-state index contributed by atoms with van der Waals surface area (Å²) >= 11 is 0. The van der Waals surface area contributed by atoms with Crippen molar-refractivity contribution in [2.75, 3.05) is 13.1 Å². The first kappa shape index (κ1) is 17.2. The van der Waals surface area contributed by atoms with Crippen molar-refractivity contribution in [2.24, 2.45) is 0 Å². The van der Waals surface area contributed by atoms with Gasteiger partial charge in [-0.15, -0.1) is 0 Å². The monoisotopic (exact) mass is 384 g/mol. The second kappa shape index (κ2) is 6.92. The number of hydrogen-bond donors (Lipinski definition) is 1. The zero-order valence-corrected chi connectivity index (χ0v) is 15.4. The Labute approximate surface area is 160 Å². The maximum absolute atomic E-state index is 13.3. The summed E-state index contributed by atoms with van der Waals surface area (Å²) in [6.45, 7) is 1.61. The Morgan fingerprint density at radius 1 is 1.21 bits per heavy atom. The third-order valence-electron chi connectivity index (χ3n) is 5.54. The molecule has 146 valence electrons. The van der Waals surface area contributed by atoms with Crippen LogP contribution in [0.3, 0.4) is 0 Å². The van der Waals surface area contributed by atoms with Gasteiger partial charge in [-0.2, -0.15) is 0 Å². The van der Waals surface area contributed by atoms with Crippen molar-refractivity contribution in [1.82, 2.24) is 20.4 Å². The van der Waals surface area contributed by atoms with Crippen molar-refractivity contribution in [1.29, 1.82) is 0 Å². The number of rotatable bonds is 4. The molecular formula is C20H21FN4O3. The van der Waals surface area contributed by atoms with Crippen LogP contribution in [0, 0.1) is 5.82 Å². The van der Waals surface area contributed by atoms with Gasteiger partial charge in [0, 0.05) is 36.4 Å². The van der Waals surface area contributed by atoms with Crippen molar-refractivity contribution in [3.63, 3.8) is 0 Å². The topological polar surface area (TPSA) is 84.4 Å². The van der Waals surface area contributed by atoms with Crippen molar-refractivity contribution < 1.29 is 18.1 Å². The molecule has 1 aliphatic carbocycles. The zero-order chi connectivity index (χ0) is 19.1. The number of carbonyl (C=O) groups excluding carboxylic acids is 1. The number of amides is 2. The molecule has 0 bridgehead atoms. The summed E-state index contributed by atoms with van der Waals surface area (Å²) in [4.78, 5) is 18.5. The normalized spacial score (nSPS) is 18.0. The third kappa shape index (κ3) is 3.34. The van der Waals surface area contributed by atoms with Crippen molar-refractivity contribution in [2.45, 2.75) is 44.1 Å². The first-order chi connectivity index (χ1) is 13.7. The maximum atomic E-state index is 13.3. The van der Waals surface area contributed by atoms with E-state index in [-0.39, 0.29) is 17.8 Å². The van der Waals surface area contributed by atoms with Gasteiger partial charge in [0.2, 0.25) is 0 Å². The second-order valence-corrected chi connectivity index (χ2v) is 7.57. The lowest BCUT2D eigenvalue weighted by atomic mass is 9.92. The first-order valence-electron chi connectivity index (χ1n) is 9.69. The quantitative estimate of drug-likeness (QED) is 0.737. The Morgan fingerprint density at radius 3 is 2.82 bits per heavy atom. The molecule has 0 atom stereocenters. The van der Waals surface area contributed by atoms with Gasteiger partial charge in [-0.05, 0) is 37.8 Å². The fourth-order valence-electron chi connectivity index (χ4n) is 3.78. The largest absolute Gasteiger partial charge is 0.444 e. The average Bonchev–Trinajstić information content (AvgIpc) is 3.31. The number of halogens is 1. The molecule has 1 aliphatic heterocycles. The summed E-state index contributed by atoms with van der Waals surface area (Å²) in [5, 5.41) is 7.90. The lowest BCUT2D eigenvalue weighted by Gasteiger charge is -2.31. The van der Waals surface area contributed by atoms with Crippen LogP contribution in [-0.4, -0.2) is 34.2 Å². The Bertz CT molecular complexity index is 1000. The summed E-state index contributed by atoms with van der Waals surface area (Å²) < 4.78 is 24.3. The van der Waals surface area contributed by atoms with Crippen LogP contribution in [0.25, 0.3) is 11.0 Å². The molecule has 3 aromatic rings. The number of hydrogen-bond acceptors (Lipinski definition) is 5. The van der Waals surface area contributed by atoms with Gasteiger partial charge in [-0.25, -0.2) is 14.2 Å². The van der Waals surface area contributed by atoms with E-state index in [1.54, 1.807) is 17.2 Å². The third-order valence-corrected chi connectivity index (χ3v) is 5.54. The molecule has 2 amide bonds. The number of likely N-dealkylation sites (tertiary alicyclic amines) is 1. The number of oxazole rings is 1. The van der Waals surface area contributed by atoms with E-state index in [9.17, 15) is 9.18 Å². The summed E-state index contributed by atoms with van der Waals surface area (Å²) in [7, 11) is 0. The van der Waals surface area contributed by atoms with Crippen LogP contribution in [0.4, 0.5) is 9.18 Å². The van der Waals surface area contributed by atoms with Gasteiger partial charge in [-0.3, -0.25) is 0 Å². The van der Waals surface area contributed by atoms with Crippen LogP contribution in [-0.2, 0) is 6.54 Å². The van der Waals surface area contributed by atoms with Crippen LogP contribution in [0.5, 0.6) is 0 Å². The molecule has 2 fully saturated rings. The molecule has 1 aromatic carbocycles. The molecule has 1 saturated carbocycles. The number of carbonyl (C=O) groups is 1. The predicted octanol–water partition coefficient (Wildman–Crippen LogP) is 3.92. The molecule has 1 N–H and O–H groups in total. The molecule has 7 nitrogen and oxygen atoms in total. The highest BCUT2D eigenvalue weighted by molar-refractivity contribution is 5.80. The van der Waals surface area contributed by atoms with Crippen molar-refractivity contribution >= 4 is 17.0 Å². The Balaban J connectivity index is 1.16. The van der Waals surface area contributed by atoms with Gasteiger partial charge in [0.15, 0.2) is 11.5 Å². The minimum Gasteiger partial charge on any atom is -0.444 e. The fraction of sp³-hybridized carbons (Fsp3) is 0.450. The standard InChI is InChI=1S/C20H21FN4O3/c21-14-3-4-16-17(9-14)28-24-18(16)12-5-7-25(8-6-12)20(26)23-11-15-10-22-19(27-15)13-1-2-13/h3-4,9-10,12-13H,1-2,5-8,11H2,(H,23,26). The molecule has 3 heterocycles. The zero-order valence-electron chi connectivity index (χ0n) is 15.4. The maximum Gasteiger partial charge on any atom is 0.317 e. The molecule has 28 heavy (non-hydrogen) atoms. The minimum absolute atomic E-state index is 0.102. The Hall–Kier alpha value is -2.90. The minimum atomic E-state index is -0.335. The summed E-state index contributed by atoms with van der Waals surface area (Å²) in [6, 6.07) is 4.38. The molecule has 0 spiro atoms. The average molecular weight is 384 g/mol. The predicted molar refractivity (Wildman–Crippen MR) is 98.2 cm³/mol. The van der Waals surface area contributed by atoms with Gasteiger partial charge in [0.25, 0.3) is 0 Å². The smallest absolute Gasteiger partial charge is 0.317 e. The molecule has 8 heteroatoms. The first-order valence-corrected chi connectivity index (χ1v) is 9.69. The van der Waals surface area contributed by atoms with E-state index in [2.05, 4.69) is 15.5 Å². The van der Waals surface area contributed by atoms with E-state index in [1.807, 2.05) is 0 Å². The van der Waals surface area contributed by atoms with Crippen LogP contribution in [0.15, 0.2) is 33.3 Å². The molecule has 0 unspecified atom stereocenters. The van der Waals surface area contributed by atoms with Gasteiger partial charge >= 0.3 is 6.03 Å². The number of nitrogens with one attached hydrogen (secondary N) is 1. The highest BCUT2D eigenvalue weighted by Crippen LogP contribution is 2.39. The highest BCUT2D eigenvalue weighted by atomic mass is 19.1. The SMILES string of the molecule is O=C(NCc1cnc(C2CC2)o1)N1CCC(c2noc3cc(F)ccc23)CC1. The van der Waals surface area contributed by atoms with Crippen molar-refractivity contribution in [3.05, 3.63) is 47.6 Å². The number of aromatic nitrogens is 2. The number of urea groups is 1. The lowest BCUT2D eigenvalue weighted by Crippen LogP contribution is -2.43. The van der Waals surface area contributed by atoms with E-state index < -0.39 is 0 Å². The summed E-state index contributed by atoms with van der Waals surface area (Å²) in [5.74, 6) is 1.80. The van der Waals surface area contributed by atoms with Crippen LogP contribution in [0.2, 0.25) is 0 Å². The van der Waals surface area contributed by atoms with E-state index >= 15 is 0 Å². The Kier molecular flexibility index (Phi) is 4.26. The van der Waals surface area contributed by atoms with Gasteiger partial charge in [0.1, 0.15) is 11.6 Å². The number of benzene rings is 1. The van der Waals surface area contributed by atoms with E-state index in [0.29, 0.717) is 36.9 Å². The summed E-state index contributed by atoms with van der Waals surface area (Å²) in [5.41, 5.74) is 1.32. The highest BCUT2D eigenvalue weighted by Gasteiger charge is 2.29. The number of fused-ring (bicyclic) bond motifs is 1. The molecule has 2 aliphatic rings. The second-order valence-electron chi connectivity index (χ2n) is 7.57. The molecular weight excluding hydrogens is 363 g/mol. The lowest BCUT2D eigenvalue weighted by molar-refractivity contribution is 0.179. The van der Waals surface area contributed by atoms with Crippen molar-refractivity contribution in [3.8, 4) is 0 Å². The molecule has 0 radical (unpaired) electrons. The molecule has 2 aromatic heterocycles. The van der Waals surface area contributed by atoms with Crippen LogP contribution in [0.1, 0.15) is 54.9 Å². The van der Waals surface area contributed by atoms with Gasteiger partial charge in [0.05, 0.1) is 18.4 Å². The van der Waals surface area contributed by atoms with E-state index in [1.165, 1.54) is 12.1 Å². The number of nitrogens with zero attached hydrogens (tertiary/aromatic N) is 3. The molecule has 1 saturated heterocycles. The molecule has 5 rings (SSSR count).